The molecule has 22 heavy (non-hydrogen) atoms. The summed E-state index contributed by atoms with van der Waals surface area (Å²) in [5, 5.41) is 6.15. The summed E-state index contributed by atoms with van der Waals surface area (Å²) in [4.78, 5) is 16.5. The Labute approximate surface area is 130 Å². The van der Waals surface area contributed by atoms with Gasteiger partial charge in [-0.15, -0.1) is 0 Å². The van der Waals surface area contributed by atoms with Gasteiger partial charge in [-0.05, 0) is 43.0 Å². The zero-order valence-corrected chi connectivity index (χ0v) is 12.9. The van der Waals surface area contributed by atoms with E-state index in [4.69, 9.17) is 4.42 Å². The predicted molar refractivity (Wildman–Crippen MR) is 85.0 cm³/mol. The number of carbonyl (C=O) groups is 1. The number of rotatable bonds is 4. The molecule has 5 nitrogen and oxygen atoms in total. The van der Waals surface area contributed by atoms with E-state index in [9.17, 15) is 4.79 Å². The van der Waals surface area contributed by atoms with E-state index >= 15 is 0 Å². The van der Waals surface area contributed by atoms with Gasteiger partial charge in [-0.1, -0.05) is 26.0 Å². The molecule has 1 aromatic carbocycles. The molecule has 2 N–H and O–H groups in total. The number of nitrogens with one attached hydrogen (secondary N) is 2. The van der Waals surface area contributed by atoms with E-state index in [1.807, 2.05) is 24.3 Å². The second-order valence-corrected chi connectivity index (χ2v) is 5.95. The van der Waals surface area contributed by atoms with Crippen molar-refractivity contribution in [2.75, 3.05) is 11.9 Å². The van der Waals surface area contributed by atoms with Crippen molar-refractivity contribution in [3.05, 3.63) is 47.7 Å². The summed E-state index contributed by atoms with van der Waals surface area (Å²) >= 11 is 0. The smallest absolute Gasteiger partial charge is 0.277 e. The number of nitrogens with zero attached hydrogens (tertiary/aromatic N) is 1. The number of anilines is 1. The normalized spacial score (nSPS) is 17.9. The molecule has 1 aliphatic heterocycles. The largest absolute Gasteiger partial charge is 0.446 e. The van der Waals surface area contributed by atoms with Crippen molar-refractivity contribution < 1.29 is 9.21 Å². The van der Waals surface area contributed by atoms with Crippen molar-refractivity contribution in [3.63, 3.8) is 0 Å². The number of carbonyl (C=O) groups excluding carboxylic acids is 1. The standard InChI is InChI=1S/C17H21N3O2/c1-11(2)12-5-7-13(8-6-12)19-16(21)15-10-22-17(20-15)14-4-3-9-18-14/h5-8,10-11,14,18H,3-4,9H2,1-2H3,(H,19,21). The predicted octanol–water partition coefficient (Wildman–Crippen LogP) is 3.47. The van der Waals surface area contributed by atoms with Crippen LogP contribution in [0.15, 0.2) is 34.9 Å². The highest BCUT2D eigenvalue weighted by Crippen LogP contribution is 2.22. The lowest BCUT2D eigenvalue weighted by molar-refractivity contribution is 0.102. The Morgan fingerprint density at radius 2 is 2.14 bits per heavy atom. The Morgan fingerprint density at radius 1 is 1.36 bits per heavy atom. The Kier molecular flexibility index (Phi) is 4.24. The minimum Gasteiger partial charge on any atom is -0.446 e. The quantitative estimate of drug-likeness (QED) is 0.907. The zero-order chi connectivity index (χ0) is 15.5. The molecule has 1 saturated heterocycles. The molecule has 1 amide bonds. The molecule has 0 bridgehead atoms. The van der Waals surface area contributed by atoms with Crippen molar-refractivity contribution >= 4 is 11.6 Å². The third-order valence-corrected chi connectivity index (χ3v) is 3.95. The van der Waals surface area contributed by atoms with Crippen LogP contribution in [0.5, 0.6) is 0 Å². The lowest BCUT2D eigenvalue weighted by Gasteiger charge is -2.07. The molecule has 1 atom stereocenters. The van der Waals surface area contributed by atoms with Crippen molar-refractivity contribution in [1.82, 2.24) is 10.3 Å². The molecule has 2 heterocycles. The fraction of sp³-hybridized carbons (Fsp3) is 0.412. The highest BCUT2D eigenvalue weighted by atomic mass is 16.3. The van der Waals surface area contributed by atoms with Crippen LogP contribution in [0.1, 0.15) is 60.6 Å². The van der Waals surface area contributed by atoms with Gasteiger partial charge in [0.05, 0.1) is 6.04 Å². The number of oxazole rings is 1. The van der Waals surface area contributed by atoms with Gasteiger partial charge in [0.2, 0.25) is 5.89 Å². The van der Waals surface area contributed by atoms with E-state index in [0.29, 0.717) is 17.5 Å². The number of amides is 1. The van der Waals surface area contributed by atoms with Crippen LogP contribution < -0.4 is 10.6 Å². The van der Waals surface area contributed by atoms with Crippen molar-refractivity contribution in [2.45, 2.75) is 38.6 Å². The molecule has 0 spiro atoms. The number of aromatic nitrogens is 1. The van der Waals surface area contributed by atoms with Crippen molar-refractivity contribution in [2.24, 2.45) is 0 Å². The molecule has 5 heteroatoms. The Morgan fingerprint density at radius 3 is 2.77 bits per heavy atom. The fourth-order valence-electron chi connectivity index (χ4n) is 2.59. The number of hydrogen-bond acceptors (Lipinski definition) is 4. The summed E-state index contributed by atoms with van der Waals surface area (Å²) in [6, 6.07) is 8.00. The third kappa shape index (κ3) is 3.20. The van der Waals surface area contributed by atoms with E-state index in [2.05, 4.69) is 29.5 Å². The molecule has 1 fully saturated rings. The van der Waals surface area contributed by atoms with Gasteiger partial charge >= 0.3 is 0 Å². The van der Waals surface area contributed by atoms with Crippen molar-refractivity contribution in [1.29, 1.82) is 0 Å². The van der Waals surface area contributed by atoms with Crippen LogP contribution in [-0.4, -0.2) is 17.4 Å². The maximum absolute atomic E-state index is 12.2. The monoisotopic (exact) mass is 299 g/mol. The first-order valence-corrected chi connectivity index (χ1v) is 7.73. The lowest BCUT2D eigenvalue weighted by atomic mass is 10.0. The maximum atomic E-state index is 12.2. The summed E-state index contributed by atoms with van der Waals surface area (Å²) < 4.78 is 5.42. The Balaban J connectivity index is 1.66. The zero-order valence-electron chi connectivity index (χ0n) is 12.9. The van der Waals surface area contributed by atoms with Gasteiger partial charge in [-0.3, -0.25) is 4.79 Å². The molecule has 0 radical (unpaired) electrons. The van der Waals surface area contributed by atoms with Gasteiger partial charge < -0.3 is 15.1 Å². The third-order valence-electron chi connectivity index (χ3n) is 3.95. The van der Waals surface area contributed by atoms with E-state index in [-0.39, 0.29) is 11.9 Å². The number of benzene rings is 1. The first-order valence-electron chi connectivity index (χ1n) is 7.73. The lowest BCUT2D eigenvalue weighted by Crippen LogP contribution is -2.15. The number of hydrogen-bond donors (Lipinski definition) is 2. The molecule has 1 aliphatic rings. The summed E-state index contributed by atoms with van der Waals surface area (Å²) in [5.74, 6) is 0.824. The van der Waals surface area contributed by atoms with Crippen LogP contribution in [0.3, 0.4) is 0 Å². The van der Waals surface area contributed by atoms with Crippen LogP contribution in [0, 0.1) is 0 Å². The topological polar surface area (TPSA) is 67.2 Å². The SMILES string of the molecule is CC(C)c1ccc(NC(=O)c2coc(C3CCCN3)n2)cc1. The van der Waals surface area contributed by atoms with Crippen LogP contribution in [0.2, 0.25) is 0 Å². The second-order valence-electron chi connectivity index (χ2n) is 5.95. The Bertz CT molecular complexity index is 640. The molecule has 116 valence electrons. The molecular formula is C17H21N3O2. The minimum atomic E-state index is -0.245. The molecule has 0 aliphatic carbocycles. The van der Waals surface area contributed by atoms with Crippen LogP contribution >= 0.6 is 0 Å². The van der Waals surface area contributed by atoms with E-state index in [1.54, 1.807) is 0 Å². The first-order chi connectivity index (χ1) is 10.6. The van der Waals surface area contributed by atoms with Gasteiger partial charge in [0.25, 0.3) is 5.91 Å². The molecular weight excluding hydrogens is 278 g/mol. The highest BCUT2D eigenvalue weighted by Gasteiger charge is 2.22. The van der Waals surface area contributed by atoms with Crippen LogP contribution in [0.25, 0.3) is 0 Å². The second kappa shape index (κ2) is 6.32. The molecule has 1 unspecified atom stereocenters. The summed E-state index contributed by atoms with van der Waals surface area (Å²) in [6.07, 6.45) is 3.53. The summed E-state index contributed by atoms with van der Waals surface area (Å²) in [7, 11) is 0. The van der Waals surface area contributed by atoms with Gasteiger partial charge in [-0.25, -0.2) is 4.98 Å². The van der Waals surface area contributed by atoms with Gasteiger partial charge in [0, 0.05) is 5.69 Å². The van der Waals surface area contributed by atoms with Crippen LogP contribution in [0.4, 0.5) is 5.69 Å². The average molecular weight is 299 g/mol. The Hall–Kier alpha value is -2.14. The summed E-state index contributed by atoms with van der Waals surface area (Å²) in [6.45, 7) is 5.25. The molecule has 3 rings (SSSR count). The minimum absolute atomic E-state index is 0.131. The fourth-order valence-corrected chi connectivity index (χ4v) is 2.59. The van der Waals surface area contributed by atoms with E-state index in [1.165, 1.54) is 11.8 Å². The highest BCUT2D eigenvalue weighted by molar-refractivity contribution is 6.02. The van der Waals surface area contributed by atoms with Crippen LogP contribution in [-0.2, 0) is 0 Å². The average Bonchev–Trinajstić information content (AvgIpc) is 3.19. The molecule has 0 saturated carbocycles. The van der Waals surface area contributed by atoms with Gasteiger partial charge in [-0.2, -0.15) is 0 Å². The van der Waals surface area contributed by atoms with E-state index < -0.39 is 0 Å². The molecule has 2 aromatic rings. The van der Waals surface area contributed by atoms with E-state index in [0.717, 1.165) is 25.1 Å². The summed E-state index contributed by atoms with van der Waals surface area (Å²) in [5.41, 5.74) is 2.32. The first kappa shape index (κ1) is 14.8. The maximum Gasteiger partial charge on any atom is 0.277 e. The van der Waals surface area contributed by atoms with Gasteiger partial charge in [0.1, 0.15) is 6.26 Å². The van der Waals surface area contributed by atoms with Gasteiger partial charge in [0.15, 0.2) is 5.69 Å². The molecule has 1 aromatic heterocycles. The van der Waals surface area contributed by atoms with Crippen molar-refractivity contribution in [3.8, 4) is 0 Å².